The van der Waals surface area contributed by atoms with E-state index < -0.39 is 12.0 Å². The highest BCUT2D eigenvalue weighted by Gasteiger charge is 2.40. The topological polar surface area (TPSA) is 76.1 Å². The first-order valence-corrected chi connectivity index (χ1v) is 8.78. The Hall–Kier alpha value is -2.38. The zero-order chi connectivity index (χ0) is 17.8. The van der Waals surface area contributed by atoms with Crippen molar-refractivity contribution in [3.05, 3.63) is 52.2 Å². The molecule has 1 N–H and O–H groups in total. The fourth-order valence-corrected chi connectivity index (χ4v) is 3.48. The van der Waals surface area contributed by atoms with Crippen molar-refractivity contribution in [3.63, 3.8) is 0 Å². The van der Waals surface area contributed by atoms with Crippen LogP contribution in [0.1, 0.15) is 21.7 Å². The first-order chi connectivity index (χ1) is 12.1. The molecule has 7 heteroatoms. The molecule has 1 aromatic heterocycles. The van der Waals surface area contributed by atoms with Gasteiger partial charge in [-0.15, -0.1) is 11.3 Å². The van der Waals surface area contributed by atoms with E-state index in [2.05, 4.69) is 0 Å². The van der Waals surface area contributed by atoms with E-state index in [-0.39, 0.29) is 18.6 Å². The van der Waals surface area contributed by atoms with E-state index in [1.165, 1.54) is 12.0 Å². The van der Waals surface area contributed by atoms with E-state index >= 15 is 0 Å². The van der Waals surface area contributed by atoms with Crippen LogP contribution >= 0.6 is 11.3 Å². The molecule has 1 aromatic carbocycles. The van der Waals surface area contributed by atoms with Crippen LogP contribution in [0.4, 0.5) is 0 Å². The molecule has 1 amide bonds. The first-order valence-electron chi connectivity index (χ1n) is 7.90. The maximum atomic E-state index is 12.8. The average Bonchev–Trinajstić information content (AvgIpc) is 3.29. The Labute approximate surface area is 149 Å². The molecule has 1 aliphatic heterocycles. The SMILES string of the molecule is COC1CC(C(=O)O)N(C(=O)c2cccc(OCc3cccs3)c2)C1. The summed E-state index contributed by atoms with van der Waals surface area (Å²) in [5.41, 5.74) is 0.409. The molecule has 0 bridgehead atoms. The van der Waals surface area contributed by atoms with Crippen molar-refractivity contribution in [3.8, 4) is 5.75 Å². The summed E-state index contributed by atoms with van der Waals surface area (Å²) < 4.78 is 10.9. The van der Waals surface area contributed by atoms with Gasteiger partial charge < -0.3 is 19.5 Å². The molecule has 2 unspecified atom stereocenters. The van der Waals surface area contributed by atoms with Gasteiger partial charge in [-0.05, 0) is 29.6 Å². The third-order valence-electron chi connectivity index (χ3n) is 4.18. The zero-order valence-electron chi connectivity index (χ0n) is 13.8. The van der Waals surface area contributed by atoms with Gasteiger partial charge in [-0.3, -0.25) is 4.79 Å². The molecule has 132 valence electrons. The molecule has 1 saturated heterocycles. The summed E-state index contributed by atoms with van der Waals surface area (Å²) in [6, 6.07) is 9.89. The van der Waals surface area contributed by atoms with Crippen molar-refractivity contribution >= 4 is 23.2 Å². The molecule has 3 rings (SSSR count). The van der Waals surface area contributed by atoms with Gasteiger partial charge in [0.1, 0.15) is 18.4 Å². The van der Waals surface area contributed by atoms with Crippen LogP contribution < -0.4 is 4.74 Å². The largest absolute Gasteiger partial charge is 0.488 e. The first kappa shape index (κ1) is 17.4. The second kappa shape index (κ2) is 7.67. The number of carbonyl (C=O) groups is 2. The minimum atomic E-state index is -1.02. The molecule has 25 heavy (non-hydrogen) atoms. The summed E-state index contributed by atoms with van der Waals surface area (Å²) >= 11 is 1.60. The van der Waals surface area contributed by atoms with Crippen molar-refractivity contribution in [1.82, 2.24) is 4.90 Å². The van der Waals surface area contributed by atoms with Crippen LogP contribution in [0.3, 0.4) is 0 Å². The van der Waals surface area contributed by atoms with Crippen LogP contribution in [0.2, 0.25) is 0 Å². The van der Waals surface area contributed by atoms with Gasteiger partial charge in [0.2, 0.25) is 0 Å². The fraction of sp³-hybridized carbons (Fsp3) is 0.333. The number of nitrogens with zero attached hydrogens (tertiary/aromatic N) is 1. The molecule has 2 atom stereocenters. The van der Waals surface area contributed by atoms with Gasteiger partial charge in [0.05, 0.1) is 6.10 Å². The van der Waals surface area contributed by atoms with Crippen LogP contribution in [0.25, 0.3) is 0 Å². The highest BCUT2D eigenvalue weighted by molar-refractivity contribution is 7.09. The van der Waals surface area contributed by atoms with Gasteiger partial charge in [0.25, 0.3) is 5.91 Å². The van der Waals surface area contributed by atoms with Gasteiger partial charge >= 0.3 is 5.97 Å². The fourth-order valence-electron chi connectivity index (χ4n) is 2.86. The van der Waals surface area contributed by atoms with Gasteiger partial charge in [0, 0.05) is 30.5 Å². The standard InChI is InChI=1S/C18H19NO5S/c1-23-14-9-16(18(21)22)19(10-14)17(20)12-4-2-5-13(8-12)24-11-15-6-3-7-25-15/h2-8,14,16H,9-11H2,1H3,(H,21,22). The van der Waals surface area contributed by atoms with Crippen LogP contribution in [0.15, 0.2) is 41.8 Å². The number of hydrogen-bond donors (Lipinski definition) is 1. The smallest absolute Gasteiger partial charge is 0.326 e. The number of aliphatic carboxylic acids is 1. The lowest BCUT2D eigenvalue weighted by Crippen LogP contribution is -2.40. The number of carboxylic acids is 1. The lowest BCUT2D eigenvalue weighted by Gasteiger charge is -2.21. The lowest BCUT2D eigenvalue weighted by molar-refractivity contribution is -0.141. The number of rotatable bonds is 6. The van der Waals surface area contributed by atoms with Crippen molar-refractivity contribution in [2.45, 2.75) is 25.2 Å². The Kier molecular flexibility index (Phi) is 5.35. The quantitative estimate of drug-likeness (QED) is 0.856. The Morgan fingerprint density at radius 3 is 2.84 bits per heavy atom. The third kappa shape index (κ3) is 4.00. The third-order valence-corrected chi connectivity index (χ3v) is 5.03. The monoisotopic (exact) mass is 361 g/mol. The number of hydrogen-bond acceptors (Lipinski definition) is 5. The Morgan fingerprint density at radius 1 is 1.32 bits per heavy atom. The molecule has 6 nitrogen and oxygen atoms in total. The number of carbonyl (C=O) groups excluding carboxylic acids is 1. The Balaban J connectivity index is 1.73. The number of methoxy groups -OCH3 is 1. The summed E-state index contributed by atoms with van der Waals surface area (Å²) in [5, 5.41) is 11.3. The summed E-state index contributed by atoms with van der Waals surface area (Å²) in [5.74, 6) is -0.764. The highest BCUT2D eigenvalue weighted by Crippen LogP contribution is 2.24. The predicted octanol–water partition coefficient (Wildman–Crippen LogP) is 2.64. The van der Waals surface area contributed by atoms with Crippen molar-refractivity contribution in [2.75, 3.05) is 13.7 Å². The molecule has 0 aliphatic carbocycles. The lowest BCUT2D eigenvalue weighted by atomic mass is 10.1. The molecule has 1 fully saturated rings. The molecule has 2 aromatic rings. The van der Waals surface area contributed by atoms with Crippen LogP contribution in [-0.2, 0) is 16.1 Å². The normalized spacial score (nSPS) is 19.8. The molecular formula is C18H19NO5S. The number of carboxylic acid groups (broad SMARTS) is 1. The molecular weight excluding hydrogens is 342 g/mol. The second-order valence-corrected chi connectivity index (χ2v) is 6.83. The van der Waals surface area contributed by atoms with Gasteiger partial charge in [0.15, 0.2) is 0 Å². The summed E-state index contributed by atoms with van der Waals surface area (Å²) in [7, 11) is 1.52. The number of likely N-dealkylation sites (tertiary alicyclic amines) is 1. The van der Waals surface area contributed by atoms with E-state index in [0.29, 0.717) is 24.3 Å². The van der Waals surface area contributed by atoms with Crippen LogP contribution in [0, 0.1) is 0 Å². The number of benzene rings is 1. The van der Waals surface area contributed by atoms with E-state index in [1.807, 2.05) is 17.5 Å². The molecule has 0 radical (unpaired) electrons. The molecule has 2 heterocycles. The van der Waals surface area contributed by atoms with Gasteiger partial charge in [-0.25, -0.2) is 4.79 Å². The minimum Gasteiger partial charge on any atom is -0.488 e. The minimum absolute atomic E-state index is 0.261. The maximum absolute atomic E-state index is 12.8. The van der Waals surface area contributed by atoms with Crippen molar-refractivity contribution in [1.29, 1.82) is 0 Å². The Bertz CT molecular complexity index is 746. The average molecular weight is 361 g/mol. The van der Waals surface area contributed by atoms with Crippen LogP contribution in [0.5, 0.6) is 5.75 Å². The van der Waals surface area contributed by atoms with Crippen molar-refractivity contribution < 1.29 is 24.2 Å². The predicted molar refractivity (Wildman–Crippen MR) is 93.0 cm³/mol. The highest BCUT2D eigenvalue weighted by atomic mass is 32.1. The van der Waals surface area contributed by atoms with Crippen molar-refractivity contribution in [2.24, 2.45) is 0 Å². The molecule has 0 spiro atoms. The summed E-state index contributed by atoms with van der Waals surface area (Å²) in [6.07, 6.45) is 0.0369. The zero-order valence-corrected chi connectivity index (χ0v) is 14.6. The maximum Gasteiger partial charge on any atom is 0.326 e. The summed E-state index contributed by atoms with van der Waals surface area (Å²) in [4.78, 5) is 26.6. The Morgan fingerprint density at radius 2 is 2.16 bits per heavy atom. The number of ether oxygens (including phenoxy) is 2. The van der Waals surface area contributed by atoms with Crippen LogP contribution in [-0.4, -0.2) is 47.7 Å². The second-order valence-electron chi connectivity index (χ2n) is 5.80. The van der Waals surface area contributed by atoms with E-state index in [9.17, 15) is 14.7 Å². The van der Waals surface area contributed by atoms with E-state index in [1.54, 1.807) is 35.6 Å². The molecule has 1 aliphatic rings. The van der Waals surface area contributed by atoms with E-state index in [4.69, 9.17) is 9.47 Å². The summed E-state index contributed by atoms with van der Waals surface area (Å²) in [6.45, 7) is 0.703. The van der Waals surface area contributed by atoms with E-state index in [0.717, 1.165) is 4.88 Å². The number of thiophene rings is 1. The number of amides is 1. The van der Waals surface area contributed by atoms with Gasteiger partial charge in [-0.2, -0.15) is 0 Å². The molecule has 0 saturated carbocycles. The van der Waals surface area contributed by atoms with Gasteiger partial charge in [-0.1, -0.05) is 12.1 Å².